The number of hydrogen-bond donors (Lipinski definition) is 2. The van der Waals surface area contributed by atoms with Gasteiger partial charge in [-0.25, -0.2) is 4.79 Å². The Labute approximate surface area is 156 Å². The normalized spacial score (nSPS) is 19.1. The van der Waals surface area contributed by atoms with Gasteiger partial charge in [0, 0.05) is 19.1 Å². The Bertz CT molecular complexity index is 603. The maximum absolute atomic E-state index is 12.6. The monoisotopic (exact) mass is 361 g/mol. The van der Waals surface area contributed by atoms with Crippen molar-refractivity contribution in [1.29, 1.82) is 0 Å². The Morgan fingerprint density at radius 3 is 2.58 bits per heavy atom. The molecular formula is C20H31N3O3. The highest BCUT2D eigenvalue weighted by Crippen LogP contribution is 2.18. The fourth-order valence-electron chi connectivity index (χ4n) is 3.47. The number of urea groups is 1. The zero-order chi connectivity index (χ0) is 19.1. The average molecular weight is 361 g/mol. The maximum Gasteiger partial charge on any atom is 0.317 e. The van der Waals surface area contributed by atoms with Crippen LogP contribution in [0.1, 0.15) is 50.3 Å². The van der Waals surface area contributed by atoms with Gasteiger partial charge in [-0.1, -0.05) is 31.2 Å². The van der Waals surface area contributed by atoms with Crippen LogP contribution in [-0.4, -0.2) is 59.6 Å². The van der Waals surface area contributed by atoms with E-state index in [-0.39, 0.29) is 24.7 Å². The van der Waals surface area contributed by atoms with Gasteiger partial charge in [0.25, 0.3) is 0 Å². The molecule has 0 aromatic heterocycles. The number of carboxylic acids is 1. The van der Waals surface area contributed by atoms with Crippen LogP contribution >= 0.6 is 0 Å². The van der Waals surface area contributed by atoms with Gasteiger partial charge in [-0.3, -0.25) is 9.69 Å². The Balaban J connectivity index is 1.87. The molecule has 2 unspecified atom stereocenters. The number of benzene rings is 1. The highest BCUT2D eigenvalue weighted by atomic mass is 16.4. The van der Waals surface area contributed by atoms with Crippen LogP contribution in [0.25, 0.3) is 0 Å². The van der Waals surface area contributed by atoms with Crippen molar-refractivity contribution >= 4 is 12.0 Å². The molecule has 1 saturated heterocycles. The number of amides is 2. The van der Waals surface area contributed by atoms with E-state index in [4.69, 9.17) is 5.11 Å². The van der Waals surface area contributed by atoms with E-state index in [1.54, 1.807) is 0 Å². The van der Waals surface area contributed by atoms with Crippen LogP contribution in [0.5, 0.6) is 0 Å². The number of nitrogens with zero attached hydrogens (tertiary/aromatic N) is 2. The number of carbonyl (C=O) groups excluding carboxylic acids is 1. The van der Waals surface area contributed by atoms with E-state index in [2.05, 4.69) is 36.5 Å². The predicted octanol–water partition coefficient (Wildman–Crippen LogP) is 2.89. The third kappa shape index (κ3) is 5.73. The van der Waals surface area contributed by atoms with Gasteiger partial charge in [0.1, 0.15) is 0 Å². The van der Waals surface area contributed by atoms with E-state index in [1.807, 2.05) is 23.8 Å². The van der Waals surface area contributed by atoms with Crippen LogP contribution in [0.3, 0.4) is 0 Å². The van der Waals surface area contributed by atoms with Crippen LogP contribution in [0.4, 0.5) is 4.79 Å². The zero-order valence-corrected chi connectivity index (χ0v) is 16.1. The van der Waals surface area contributed by atoms with Crippen LogP contribution in [0, 0.1) is 0 Å². The molecule has 1 aliphatic rings. The molecule has 1 aromatic rings. The molecule has 1 fully saturated rings. The summed E-state index contributed by atoms with van der Waals surface area (Å²) in [6.07, 6.45) is 3.62. The predicted molar refractivity (Wildman–Crippen MR) is 102 cm³/mol. The molecule has 0 spiro atoms. The van der Waals surface area contributed by atoms with Crippen LogP contribution in [0.2, 0.25) is 0 Å². The molecule has 2 atom stereocenters. The van der Waals surface area contributed by atoms with Gasteiger partial charge in [0.2, 0.25) is 0 Å². The van der Waals surface area contributed by atoms with Crippen LogP contribution in [-0.2, 0) is 11.2 Å². The lowest BCUT2D eigenvalue weighted by molar-refractivity contribution is -0.138. The average Bonchev–Trinajstić information content (AvgIpc) is 2.87. The standard InChI is InChI=1S/C20H31N3O3/c1-4-16-7-9-17(10-8-16)15(2)21-20(26)23-12-5-6-18(11-13-23)22(3)14-19(24)25/h7-10,15,18H,4-6,11-14H2,1-3H3,(H,21,26)(H,24,25). The summed E-state index contributed by atoms with van der Waals surface area (Å²) in [7, 11) is 1.84. The van der Waals surface area contributed by atoms with Gasteiger partial charge in [-0.05, 0) is 50.8 Å². The van der Waals surface area contributed by atoms with E-state index in [0.717, 1.165) is 31.2 Å². The molecule has 1 aliphatic heterocycles. The largest absolute Gasteiger partial charge is 0.480 e. The van der Waals surface area contributed by atoms with E-state index >= 15 is 0 Å². The molecule has 6 nitrogen and oxygen atoms in total. The first kappa shape index (κ1) is 20.2. The van der Waals surface area contributed by atoms with Gasteiger partial charge < -0.3 is 15.3 Å². The number of aliphatic carboxylic acids is 1. The number of carbonyl (C=O) groups is 2. The van der Waals surface area contributed by atoms with Crippen LogP contribution < -0.4 is 5.32 Å². The minimum Gasteiger partial charge on any atom is -0.480 e. The number of aryl methyl sites for hydroxylation is 1. The lowest BCUT2D eigenvalue weighted by Gasteiger charge is -2.26. The second-order valence-electron chi connectivity index (χ2n) is 7.15. The summed E-state index contributed by atoms with van der Waals surface area (Å²) < 4.78 is 0. The molecule has 0 bridgehead atoms. The quantitative estimate of drug-likeness (QED) is 0.817. The summed E-state index contributed by atoms with van der Waals surface area (Å²) >= 11 is 0. The van der Waals surface area contributed by atoms with Crippen molar-refractivity contribution in [3.05, 3.63) is 35.4 Å². The number of likely N-dealkylation sites (tertiary alicyclic amines) is 1. The van der Waals surface area contributed by atoms with Crippen molar-refractivity contribution in [3.63, 3.8) is 0 Å². The first-order chi connectivity index (χ1) is 12.4. The number of carboxylic acid groups (broad SMARTS) is 1. The summed E-state index contributed by atoms with van der Waals surface area (Å²) in [5.41, 5.74) is 2.39. The molecule has 26 heavy (non-hydrogen) atoms. The molecule has 144 valence electrons. The third-order valence-electron chi connectivity index (χ3n) is 5.22. The van der Waals surface area contributed by atoms with Crippen molar-refractivity contribution in [2.24, 2.45) is 0 Å². The van der Waals surface area contributed by atoms with E-state index in [1.165, 1.54) is 5.56 Å². The lowest BCUT2D eigenvalue weighted by atomic mass is 10.1. The van der Waals surface area contributed by atoms with Gasteiger partial charge in [-0.2, -0.15) is 0 Å². The Morgan fingerprint density at radius 1 is 1.27 bits per heavy atom. The SMILES string of the molecule is CCc1ccc(C(C)NC(=O)N2CCCC(N(C)CC(=O)O)CC2)cc1. The Kier molecular flexibility index (Phi) is 7.45. The number of rotatable bonds is 6. The Hall–Kier alpha value is -2.08. The second-order valence-corrected chi connectivity index (χ2v) is 7.15. The molecule has 1 aromatic carbocycles. The molecular weight excluding hydrogens is 330 g/mol. The highest BCUT2D eigenvalue weighted by molar-refractivity contribution is 5.74. The first-order valence-electron chi connectivity index (χ1n) is 9.47. The second kappa shape index (κ2) is 9.57. The van der Waals surface area contributed by atoms with E-state index in [9.17, 15) is 9.59 Å². The molecule has 0 radical (unpaired) electrons. The molecule has 6 heteroatoms. The van der Waals surface area contributed by atoms with Crippen molar-refractivity contribution in [2.75, 3.05) is 26.7 Å². The third-order valence-corrected chi connectivity index (χ3v) is 5.22. The molecule has 0 saturated carbocycles. The van der Waals surface area contributed by atoms with Crippen molar-refractivity contribution in [2.45, 2.75) is 51.6 Å². The molecule has 2 rings (SSSR count). The molecule has 2 N–H and O–H groups in total. The summed E-state index contributed by atoms with van der Waals surface area (Å²) in [6.45, 7) is 5.54. The number of hydrogen-bond acceptors (Lipinski definition) is 3. The van der Waals surface area contributed by atoms with Gasteiger partial charge in [0.05, 0.1) is 12.6 Å². The summed E-state index contributed by atoms with van der Waals surface area (Å²) in [6, 6.07) is 8.48. The molecule has 1 heterocycles. The van der Waals surface area contributed by atoms with E-state index < -0.39 is 5.97 Å². The Morgan fingerprint density at radius 2 is 1.96 bits per heavy atom. The van der Waals surface area contributed by atoms with Gasteiger partial charge >= 0.3 is 12.0 Å². The number of likely N-dealkylation sites (N-methyl/N-ethyl adjacent to an activating group) is 1. The minimum absolute atomic E-state index is 0.0397. The molecule has 2 amide bonds. The summed E-state index contributed by atoms with van der Waals surface area (Å²) in [5, 5.41) is 12.0. The topological polar surface area (TPSA) is 72.9 Å². The van der Waals surface area contributed by atoms with Crippen molar-refractivity contribution in [1.82, 2.24) is 15.1 Å². The van der Waals surface area contributed by atoms with Crippen molar-refractivity contribution in [3.8, 4) is 0 Å². The van der Waals surface area contributed by atoms with Gasteiger partial charge in [-0.15, -0.1) is 0 Å². The minimum atomic E-state index is -0.811. The highest BCUT2D eigenvalue weighted by Gasteiger charge is 2.24. The maximum atomic E-state index is 12.6. The van der Waals surface area contributed by atoms with E-state index in [0.29, 0.717) is 13.1 Å². The summed E-state index contributed by atoms with van der Waals surface area (Å²) in [4.78, 5) is 27.2. The zero-order valence-electron chi connectivity index (χ0n) is 16.1. The fraction of sp³-hybridized carbons (Fsp3) is 0.600. The first-order valence-corrected chi connectivity index (χ1v) is 9.47. The van der Waals surface area contributed by atoms with Crippen LogP contribution in [0.15, 0.2) is 24.3 Å². The molecule has 0 aliphatic carbocycles. The summed E-state index contributed by atoms with van der Waals surface area (Å²) in [5.74, 6) is -0.811. The fourth-order valence-corrected chi connectivity index (χ4v) is 3.47. The lowest BCUT2D eigenvalue weighted by Crippen LogP contribution is -2.42. The smallest absolute Gasteiger partial charge is 0.317 e. The number of nitrogens with one attached hydrogen (secondary N) is 1. The van der Waals surface area contributed by atoms with Crippen molar-refractivity contribution < 1.29 is 14.7 Å². The van der Waals surface area contributed by atoms with Gasteiger partial charge in [0.15, 0.2) is 0 Å².